The van der Waals surface area contributed by atoms with E-state index >= 15 is 0 Å². The van der Waals surface area contributed by atoms with Gasteiger partial charge in [-0.25, -0.2) is 0 Å². The highest BCUT2D eigenvalue weighted by Gasteiger charge is 2.18. The number of hydrogen-bond donors (Lipinski definition) is 1. The van der Waals surface area contributed by atoms with Gasteiger partial charge in [0.05, 0.1) is 0 Å². The van der Waals surface area contributed by atoms with Crippen LogP contribution in [-0.4, -0.2) is 5.11 Å². The zero-order valence-electron chi connectivity index (χ0n) is 12.1. The summed E-state index contributed by atoms with van der Waals surface area (Å²) in [4.78, 5) is 0. The Kier molecular flexibility index (Phi) is 4.95. The van der Waals surface area contributed by atoms with Gasteiger partial charge in [-0.3, -0.25) is 0 Å². The molecule has 0 spiro atoms. The summed E-state index contributed by atoms with van der Waals surface area (Å²) in [6, 6.07) is 8.20. The van der Waals surface area contributed by atoms with E-state index in [9.17, 15) is 5.11 Å². The van der Waals surface area contributed by atoms with Crippen LogP contribution in [0.5, 0.6) is 0 Å². The Hall–Kier alpha value is -1.30. The van der Waals surface area contributed by atoms with E-state index in [1.54, 1.807) is 13.0 Å². The Bertz CT molecular complexity index is 439. The molecule has 98 valence electrons. The maximum Gasteiger partial charge on any atom is 0.112 e. The first kappa shape index (κ1) is 14.8. The molecule has 0 bridgehead atoms. The smallest absolute Gasteiger partial charge is 0.112 e. The zero-order valence-corrected chi connectivity index (χ0v) is 12.1. The van der Waals surface area contributed by atoms with Gasteiger partial charge >= 0.3 is 0 Å². The summed E-state index contributed by atoms with van der Waals surface area (Å²) in [5.41, 5.74) is 5.41. The van der Waals surface area contributed by atoms with Crippen molar-refractivity contribution >= 4 is 0 Å². The first-order valence-electron chi connectivity index (χ1n) is 6.54. The molecular weight excluding hydrogens is 220 g/mol. The van der Waals surface area contributed by atoms with Crippen molar-refractivity contribution in [2.75, 3.05) is 0 Å². The van der Waals surface area contributed by atoms with E-state index in [1.165, 1.54) is 5.56 Å². The minimum absolute atomic E-state index is 0.655. The first-order valence-corrected chi connectivity index (χ1v) is 6.54. The van der Waals surface area contributed by atoms with Crippen LogP contribution in [0.3, 0.4) is 0 Å². The van der Waals surface area contributed by atoms with Crippen molar-refractivity contribution in [3.05, 3.63) is 52.8 Å². The Labute approximate surface area is 111 Å². The number of rotatable bonds is 4. The van der Waals surface area contributed by atoms with E-state index in [1.807, 2.05) is 26.0 Å². The molecule has 0 aliphatic carbocycles. The van der Waals surface area contributed by atoms with Gasteiger partial charge in [0.1, 0.15) is 5.60 Å². The Morgan fingerprint density at radius 1 is 1.28 bits per heavy atom. The predicted octanol–water partition coefficient (Wildman–Crippen LogP) is 4.21. The average molecular weight is 244 g/mol. The first-order chi connectivity index (χ1) is 8.31. The molecule has 1 heteroatoms. The van der Waals surface area contributed by atoms with Crippen LogP contribution in [0.1, 0.15) is 45.7 Å². The fourth-order valence-electron chi connectivity index (χ4n) is 1.82. The van der Waals surface area contributed by atoms with Crippen LogP contribution in [-0.2, 0) is 12.0 Å². The lowest BCUT2D eigenvalue weighted by Crippen LogP contribution is -2.17. The van der Waals surface area contributed by atoms with Gasteiger partial charge in [0.15, 0.2) is 0 Å². The molecule has 1 atom stereocenters. The van der Waals surface area contributed by atoms with Crippen LogP contribution in [0.15, 0.2) is 41.6 Å². The predicted molar refractivity (Wildman–Crippen MR) is 77.5 cm³/mol. The van der Waals surface area contributed by atoms with Crippen molar-refractivity contribution in [2.45, 2.75) is 46.6 Å². The molecule has 1 N–H and O–H groups in total. The topological polar surface area (TPSA) is 20.2 Å². The molecule has 1 unspecified atom stereocenters. The van der Waals surface area contributed by atoms with Crippen LogP contribution >= 0.6 is 0 Å². The lowest BCUT2D eigenvalue weighted by atomic mass is 9.93. The molecule has 0 fully saturated rings. The molecule has 1 aromatic carbocycles. The third kappa shape index (κ3) is 4.52. The monoisotopic (exact) mass is 244 g/mol. The van der Waals surface area contributed by atoms with Crippen molar-refractivity contribution in [1.29, 1.82) is 0 Å². The quantitative estimate of drug-likeness (QED) is 0.786. The molecule has 0 saturated carbocycles. The van der Waals surface area contributed by atoms with Gasteiger partial charge in [-0.1, -0.05) is 38.1 Å². The number of aliphatic hydroxyl groups is 1. The Balaban J connectivity index is 2.94. The second kappa shape index (κ2) is 6.04. The molecule has 1 aromatic rings. The van der Waals surface area contributed by atoms with E-state index in [4.69, 9.17) is 0 Å². The van der Waals surface area contributed by atoms with Gasteiger partial charge in [0, 0.05) is 0 Å². The zero-order chi connectivity index (χ0) is 13.8. The SMILES string of the molecule is CC(C)=C=CC(C)(O)c1ccc(CC(C)C)cc1. The van der Waals surface area contributed by atoms with Crippen molar-refractivity contribution < 1.29 is 5.11 Å². The van der Waals surface area contributed by atoms with E-state index in [0.29, 0.717) is 5.92 Å². The lowest BCUT2D eigenvalue weighted by molar-refractivity contribution is 0.111. The largest absolute Gasteiger partial charge is 0.381 e. The summed E-state index contributed by atoms with van der Waals surface area (Å²) in [7, 11) is 0. The van der Waals surface area contributed by atoms with Crippen LogP contribution in [0, 0.1) is 5.92 Å². The van der Waals surface area contributed by atoms with E-state index in [2.05, 4.69) is 31.7 Å². The van der Waals surface area contributed by atoms with E-state index in [0.717, 1.165) is 17.6 Å². The second-order valence-electron chi connectivity index (χ2n) is 5.73. The molecule has 1 nitrogen and oxygen atoms in total. The molecule has 18 heavy (non-hydrogen) atoms. The minimum Gasteiger partial charge on any atom is -0.381 e. The maximum absolute atomic E-state index is 10.4. The molecule has 0 amide bonds. The van der Waals surface area contributed by atoms with Gasteiger partial charge in [-0.05, 0) is 55.9 Å². The molecule has 0 radical (unpaired) electrons. The molecule has 1 rings (SSSR count). The molecular formula is C17H24O. The van der Waals surface area contributed by atoms with Gasteiger partial charge in [0.25, 0.3) is 0 Å². The third-order valence-electron chi connectivity index (χ3n) is 2.82. The normalized spacial score (nSPS) is 13.9. The fourth-order valence-corrected chi connectivity index (χ4v) is 1.82. The van der Waals surface area contributed by atoms with Crippen LogP contribution in [0.25, 0.3) is 0 Å². The summed E-state index contributed by atoms with van der Waals surface area (Å²) in [6.07, 6.45) is 2.80. The van der Waals surface area contributed by atoms with Gasteiger partial charge < -0.3 is 5.11 Å². The highest BCUT2D eigenvalue weighted by molar-refractivity contribution is 5.30. The minimum atomic E-state index is -0.951. The van der Waals surface area contributed by atoms with Crippen LogP contribution < -0.4 is 0 Å². The molecule has 0 aromatic heterocycles. The van der Waals surface area contributed by atoms with Crippen molar-refractivity contribution in [2.24, 2.45) is 5.92 Å². The molecule has 0 aliphatic heterocycles. The Morgan fingerprint density at radius 2 is 1.83 bits per heavy atom. The molecule has 0 heterocycles. The third-order valence-corrected chi connectivity index (χ3v) is 2.82. The van der Waals surface area contributed by atoms with Gasteiger partial charge in [-0.15, -0.1) is 5.73 Å². The van der Waals surface area contributed by atoms with Crippen molar-refractivity contribution in [1.82, 2.24) is 0 Å². The van der Waals surface area contributed by atoms with Gasteiger partial charge in [0.2, 0.25) is 0 Å². The summed E-state index contributed by atoms with van der Waals surface area (Å²) in [6.45, 7) is 10.2. The average Bonchev–Trinajstić information content (AvgIpc) is 2.26. The van der Waals surface area contributed by atoms with Crippen LogP contribution in [0.4, 0.5) is 0 Å². The Morgan fingerprint density at radius 3 is 2.28 bits per heavy atom. The fraction of sp³-hybridized carbons (Fsp3) is 0.471. The molecule has 0 aliphatic rings. The lowest BCUT2D eigenvalue weighted by Gasteiger charge is -2.19. The van der Waals surface area contributed by atoms with Gasteiger partial charge in [-0.2, -0.15) is 0 Å². The van der Waals surface area contributed by atoms with Crippen molar-refractivity contribution in [3.8, 4) is 0 Å². The summed E-state index contributed by atoms with van der Waals surface area (Å²) in [5.74, 6) is 0.655. The maximum atomic E-state index is 10.4. The van der Waals surface area contributed by atoms with Crippen LogP contribution in [0.2, 0.25) is 0 Å². The van der Waals surface area contributed by atoms with E-state index < -0.39 is 5.60 Å². The highest BCUT2D eigenvalue weighted by Crippen LogP contribution is 2.23. The standard InChI is InChI=1S/C17H24O/c1-13(2)10-11-17(5,18)16-8-6-15(7-9-16)12-14(3)4/h6-9,11,14,18H,12H2,1-5H3. The molecule has 0 saturated heterocycles. The second-order valence-corrected chi connectivity index (χ2v) is 5.73. The number of benzene rings is 1. The van der Waals surface area contributed by atoms with Crippen molar-refractivity contribution in [3.63, 3.8) is 0 Å². The summed E-state index contributed by atoms with van der Waals surface area (Å²) < 4.78 is 0. The summed E-state index contributed by atoms with van der Waals surface area (Å²) in [5, 5.41) is 10.4. The number of hydrogen-bond acceptors (Lipinski definition) is 1. The summed E-state index contributed by atoms with van der Waals surface area (Å²) >= 11 is 0. The van der Waals surface area contributed by atoms with E-state index in [-0.39, 0.29) is 0 Å². The highest BCUT2D eigenvalue weighted by atomic mass is 16.3.